The van der Waals surface area contributed by atoms with Gasteiger partial charge in [0, 0.05) is 17.7 Å². The predicted octanol–water partition coefficient (Wildman–Crippen LogP) is 1.79. The van der Waals surface area contributed by atoms with Crippen LogP contribution in [0.3, 0.4) is 0 Å². The van der Waals surface area contributed by atoms with Crippen molar-refractivity contribution in [3.05, 3.63) is 126 Å². The Bertz CT molecular complexity index is 1100. The van der Waals surface area contributed by atoms with E-state index in [4.69, 9.17) is 4.74 Å². The number of carbonyl (C=O) groups excluding carboxylic acids is 1. The van der Waals surface area contributed by atoms with Crippen LogP contribution in [0.15, 0.2) is 109 Å². The first-order valence-corrected chi connectivity index (χ1v) is 10.3. The molecular weight excluding hydrogens is 464 g/mol. The molecule has 0 atom stereocenters. The van der Waals surface area contributed by atoms with Crippen LogP contribution in [0.5, 0.6) is 5.75 Å². The third-order valence-corrected chi connectivity index (χ3v) is 4.92. The maximum absolute atomic E-state index is 12.4. The molecule has 0 radical (unpaired) electrons. The molecule has 3 aromatic carbocycles. The van der Waals surface area contributed by atoms with E-state index in [1.807, 2.05) is 97.3 Å². The quantitative estimate of drug-likeness (QED) is 0.384. The van der Waals surface area contributed by atoms with Gasteiger partial charge in [-0.1, -0.05) is 72.8 Å². The Hall–Kier alpha value is -3.44. The van der Waals surface area contributed by atoms with Crippen LogP contribution < -0.4 is 31.6 Å². The largest absolute Gasteiger partial charge is 1.00 e. The van der Waals surface area contributed by atoms with E-state index < -0.39 is 0 Å². The smallest absolute Gasteiger partial charge is 0.228 e. The Kier molecular flexibility index (Phi) is 8.58. The summed E-state index contributed by atoms with van der Waals surface area (Å²) in [5, 5.41) is 2.96. The van der Waals surface area contributed by atoms with Crippen LogP contribution in [-0.4, -0.2) is 5.91 Å². The van der Waals surface area contributed by atoms with E-state index in [2.05, 4.69) is 22.0 Å². The molecule has 0 bridgehead atoms. The van der Waals surface area contributed by atoms with Crippen molar-refractivity contribution in [2.45, 2.75) is 19.6 Å². The number of nitrogens with zero attached hydrogens (tertiary/aromatic N) is 1. The van der Waals surface area contributed by atoms with Gasteiger partial charge in [-0.25, -0.2) is 4.57 Å². The lowest BCUT2D eigenvalue weighted by molar-refractivity contribution is -0.688. The average Bonchev–Trinajstić information content (AvgIpc) is 2.81. The second-order valence-electron chi connectivity index (χ2n) is 7.39. The molecule has 0 aliphatic rings. The third-order valence-electron chi connectivity index (χ3n) is 4.92. The van der Waals surface area contributed by atoms with Gasteiger partial charge in [-0.3, -0.25) is 4.79 Å². The van der Waals surface area contributed by atoms with Crippen molar-refractivity contribution in [1.29, 1.82) is 0 Å². The summed E-state index contributed by atoms with van der Waals surface area (Å²) in [7, 11) is 0. The van der Waals surface area contributed by atoms with Crippen LogP contribution in [0.4, 0.5) is 5.69 Å². The van der Waals surface area contributed by atoms with E-state index in [0.717, 1.165) is 29.1 Å². The minimum Gasteiger partial charge on any atom is -1.00 e. The molecule has 0 aliphatic heterocycles. The summed E-state index contributed by atoms with van der Waals surface area (Å²) in [6.45, 7) is 1.33. The van der Waals surface area contributed by atoms with Gasteiger partial charge in [0.2, 0.25) is 5.91 Å². The van der Waals surface area contributed by atoms with E-state index >= 15 is 0 Å². The maximum atomic E-state index is 12.4. The van der Waals surface area contributed by atoms with Gasteiger partial charge in [0.15, 0.2) is 18.9 Å². The Morgan fingerprint density at radius 1 is 0.719 bits per heavy atom. The average molecular weight is 489 g/mol. The normalized spacial score (nSPS) is 10.1. The number of hydrogen-bond acceptors (Lipinski definition) is 2. The molecule has 1 heterocycles. The van der Waals surface area contributed by atoms with Gasteiger partial charge in [0.25, 0.3) is 0 Å². The van der Waals surface area contributed by atoms with E-state index in [1.165, 1.54) is 5.56 Å². The summed E-state index contributed by atoms with van der Waals surface area (Å²) in [5.41, 5.74) is 4.09. The lowest BCUT2D eigenvalue weighted by atomic mass is 10.1. The number of halogens is 1. The molecule has 162 valence electrons. The van der Waals surface area contributed by atoms with Crippen molar-refractivity contribution in [2.75, 3.05) is 5.32 Å². The molecule has 0 spiro atoms. The van der Waals surface area contributed by atoms with E-state index in [1.54, 1.807) is 0 Å². The Labute approximate surface area is 199 Å². The highest BCUT2D eigenvalue weighted by atomic mass is 79.9. The van der Waals surface area contributed by atoms with Crippen molar-refractivity contribution in [1.82, 2.24) is 0 Å². The zero-order chi connectivity index (χ0) is 21.3. The summed E-state index contributed by atoms with van der Waals surface area (Å²) >= 11 is 0. The van der Waals surface area contributed by atoms with E-state index in [9.17, 15) is 4.79 Å². The first-order chi connectivity index (χ1) is 15.2. The van der Waals surface area contributed by atoms with Crippen LogP contribution in [0.25, 0.3) is 0 Å². The highest BCUT2D eigenvalue weighted by Gasteiger charge is 2.07. The summed E-state index contributed by atoms with van der Waals surface area (Å²) in [4.78, 5) is 12.4. The monoisotopic (exact) mass is 488 g/mol. The number of nitrogens with one attached hydrogen (secondary N) is 1. The fraction of sp³-hybridized carbons (Fsp3) is 0.111. The van der Waals surface area contributed by atoms with Crippen LogP contribution in [0.2, 0.25) is 0 Å². The van der Waals surface area contributed by atoms with Crippen LogP contribution in [0, 0.1) is 0 Å². The van der Waals surface area contributed by atoms with Gasteiger partial charge >= 0.3 is 0 Å². The fourth-order valence-electron chi connectivity index (χ4n) is 3.28. The van der Waals surface area contributed by atoms with Crippen molar-refractivity contribution in [3.63, 3.8) is 0 Å². The standard InChI is InChI=1S/C27H24N2O2.BrH/c30-27(28-25-15-17-29(18-16-25)20-23-7-3-1-4-8-23)19-22-11-13-26(14-12-22)31-21-24-9-5-2-6-10-24;/h1-18H,19-21H2;1H. The topological polar surface area (TPSA) is 42.2 Å². The highest BCUT2D eigenvalue weighted by molar-refractivity contribution is 5.92. The number of ether oxygens (including phenoxy) is 1. The molecule has 0 fully saturated rings. The van der Waals surface area contributed by atoms with Crippen molar-refractivity contribution >= 4 is 11.6 Å². The molecule has 0 saturated heterocycles. The minimum atomic E-state index is -0.0428. The Morgan fingerprint density at radius 2 is 1.31 bits per heavy atom. The highest BCUT2D eigenvalue weighted by Crippen LogP contribution is 2.15. The molecule has 1 amide bonds. The molecule has 0 saturated carbocycles. The van der Waals surface area contributed by atoms with E-state index in [0.29, 0.717) is 13.0 Å². The second-order valence-corrected chi connectivity index (χ2v) is 7.39. The Morgan fingerprint density at radius 3 is 1.94 bits per heavy atom. The number of hydrogen-bond donors (Lipinski definition) is 1. The number of carbonyl (C=O) groups is 1. The molecule has 5 heteroatoms. The number of aromatic nitrogens is 1. The van der Waals surface area contributed by atoms with Crippen LogP contribution in [-0.2, 0) is 24.4 Å². The third kappa shape index (κ3) is 7.06. The summed E-state index contributed by atoms with van der Waals surface area (Å²) in [5.74, 6) is 0.748. The summed E-state index contributed by atoms with van der Waals surface area (Å²) in [6, 6.07) is 31.8. The molecule has 1 N–H and O–H groups in total. The SMILES string of the molecule is O=C(Cc1ccc(OCc2ccccc2)cc1)Nc1cc[n+](Cc2ccccc2)cc1.[Br-]. The Balaban J connectivity index is 0.00000289. The molecule has 4 nitrogen and oxygen atoms in total. The molecule has 4 aromatic rings. The molecular formula is C27H25BrN2O2. The molecule has 0 aliphatic carbocycles. The number of amides is 1. The first-order valence-electron chi connectivity index (χ1n) is 10.3. The maximum Gasteiger partial charge on any atom is 0.228 e. The molecule has 4 rings (SSSR count). The number of benzene rings is 3. The lowest BCUT2D eigenvalue weighted by Crippen LogP contribution is -3.00. The zero-order valence-corrected chi connectivity index (χ0v) is 19.2. The molecule has 32 heavy (non-hydrogen) atoms. The number of rotatable bonds is 8. The lowest BCUT2D eigenvalue weighted by Gasteiger charge is -2.08. The van der Waals surface area contributed by atoms with Crippen molar-refractivity contribution in [3.8, 4) is 5.75 Å². The van der Waals surface area contributed by atoms with Gasteiger partial charge in [0.05, 0.1) is 12.1 Å². The zero-order valence-electron chi connectivity index (χ0n) is 17.7. The second kappa shape index (κ2) is 11.8. The first kappa shape index (κ1) is 23.2. The van der Waals surface area contributed by atoms with Crippen molar-refractivity contribution < 1.29 is 31.1 Å². The van der Waals surface area contributed by atoms with Gasteiger partial charge in [-0.05, 0) is 23.3 Å². The number of pyridine rings is 1. The minimum absolute atomic E-state index is 0. The van der Waals surface area contributed by atoms with Crippen LogP contribution >= 0.6 is 0 Å². The van der Waals surface area contributed by atoms with Gasteiger partial charge < -0.3 is 27.0 Å². The van der Waals surface area contributed by atoms with Gasteiger partial charge in [-0.15, -0.1) is 0 Å². The van der Waals surface area contributed by atoms with Gasteiger partial charge in [-0.2, -0.15) is 0 Å². The summed E-state index contributed by atoms with van der Waals surface area (Å²) < 4.78 is 7.88. The van der Waals surface area contributed by atoms with E-state index in [-0.39, 0.29) is 22.9 Å². The predicted molar refractivity (Wildman–Crippen MR) is 122 cm³/mol. The molecule has 1 aromatic heterocycles. The van der Waals surface area contributed by atoms with Crippen molar-refractivity contribution in [2.24, 2.45) is 0 Å². The van der Waals surface area contributed by atoms with Crippen LogP contribution in [0.1, 0.15) is 16.7 Å². The summed E-state index contributed by atoms with van der Waals surface area (Å²) in [6.07, 6.45) is 4.26. The molecule has 0 unspecified atom stereocenters. The fourth-order valence-corrected chi connectivity index (χ4v) is 3.28. The number of anilines is 1. The van der Waals surface area contributed by atoms with Gasteiger partial charge in [0.1, 0.15) is 12.4 Å².